The Balaban J connectivity index is 1.63. The van der Waals surface area contributed by atoms with Gasteiger partial charge >= 0.3 is 17.8 Å². The molecule has 28 heavy (non-hydrogen) atoms. The molecule has 0 saturated carbocycles. The van der Waals surface area contributed by atoms with Crippen LogP contribution in [0.4, 0.5) is 4.79 Å². The summed E-state index contributed by atoms with van der Waals surface area (Å²) in [7, 11) is 0. The highest BCUT2D eigenvalue weighted by atomic mass is 16.6. The average molecular weight is 387 g/mol. The van der Waals surface area contributed by atoms with Crippen LogP contribution < -0.4 is 9.47 Å². The van der Waals surface area contributed by atoms with Gasteiger partial charge in [0.25, 0.3) is 0 Å². The van der Waals surface area contributed by atoms with Crippen molar-refractivity contribution in [2.45, 2.75) is 13.0 Å². The molecule has 2 heterocycles. The van der Waals surface area contributed by atoms with E-state index >= 15 is 0 Å². The van der Waals surface area contributed by atoms with Gasteiger partial charge < -0.3 is 14.4 Å². The van der Waals surface area contributed by atoms with E-state index in [2.05, 4.69) is 6.58 Å². The summed E-state index contributed by atoms with van der Waals surface area (Å²) in [6.45, 7) is 5.48. The summed E-state index contributed by atoms with van der Waals surface area (Å²) in [5, 5.41) is 0. The zero-order chi connectivity index (χ0) is 20.3. The first-order valence-corrected chi connectivity index (χ1v) is 8.90. The number of carbonyl (C=O) groups is 4. The number of ether oxygens (including phenoxy) is 2. The standard InChI is InChI=1S/C19H21N3O6/c1-3-9-21-17(24)18(25)22(19(21)26)11-16(23)20(4-2)10-13-12-27-14-7-5-6-8-15(14)28-13/h3,5-8,13H,1,4,9-12H2,2H3/t13-/m0/s1. The van der Waals surface area contributed by atoms with E-state index in [9.17, 15) is 19.2 Å². The molecule has 9 nitrogen and oxygen atoms in total. The van der Waals surface area contributed by atoms with E-state index in [0.717, 1.165) is 4.90 Å². The normalized spacial score (nSPS) is 18.5. The number of nitrogens with zero attached hydrogens (tertiary/aromatic N) is 3. The molecule has 1 aromatic rings. The Hall–Kier alpha value is -3.36. The molecular weight excluding hydrogens is 366 g/mol. The molecule has 5 amide bonds. The van der Waals surface area contributed by atoms with Gasteiger partial charge in [-0.25, -0.2) is 9.69 Å². The summed E-state index contributed by atoms with van der Waals surface area (Å²) in [4.78, 5) is 51.7. The largest absolute Gasteiger partial charge is 0.486 e. The van der Waals surface area contributed by atoms with Crippen molar-refractivity contribution in [3.05, 3.63) is 36.9 Å². The van der Waals surface area contributed by atoms with E-state index in [-0.39, 0.29) is 25.8 Å². The highest BCUT2D eigenvalue weighted by molar-refractivity contribution is 6.45. The van der Waals surface area contributed by atoms with Crippen molar-refractivity contribution in [1.82, 2.24) is 14.7 Å². The van der Waals surface area contributed by atoms with Gasteiger partial charge in [0.2, 0.25) is 5.91 Å². The van der Waals surface area contributed by atoms with Gasteiger partial charge in [-0.05, 0) is 19.1 Å². The van der Waals surface area contributed by atoms with Crippen LogP contribution in [0.5, 0.6) is 11.5 Å². The van der Waals surface area contributed by atoms with E-state index in [1.165, 1.54) is 11.0 Å². The minimum Gasteiger partial charge on any atom is -0.486 e. The second-order valence-corrected chi connectivity index (χ2v) is 6.31. The number of amides is 5. The number of fused-ring (bicyclic) bond motifs is 1. The Bertz CT molecular complexity index is 824. The van der Waals surface area contributed by atoms with Gasteiger partial charge in [-0.2, -0.15) is 0 Å². The monoisotopic (exact) mass is 387 g/mol. The molecule has 0 aromatic heterocycles. The van der Waals surface area contributed by atoms with Gasteiger partial charge in [0, 0.05) is 13.1 Å². The molecule has 1 saturated heterocycles. The molecule has 0 N–H and O–H groups in total. The van der Waals surface area contributed by atoms with Crippen LogP contribution in [0.25, 0.3) is 0 Å². The molecule has 0 radical (unpaired) electrons. The van der Waals surface area contributed by atoms with E-state index in [0.29, 0.717) is 22.9 Å². The van der Waals surface area contributed by atoms with Crippen molar-refractivity contribution in [3.8, 4) is 11.5 Å². The predicted octanol–water partition coefficient (Wildman–Crippen LogP) is 0.652. The number of imide groups is 2. The Morgan fingerprint density at radius 2 is 1.89 bits per heavy atom. The lowest BCUT2D eigenvalue weighted by Crippen LogP contribution is -2.48. The van der Waals surface area contributed by atoms with Crippen molar-refractivity contribution >= 4 is 23.8 Å². The van der Waals surface area contributed by atoms with Crippen LogP contribution in [0.2, 0.25) is 0 Å². The van der Waals surface area contributed by atoms with Crippen LogP contribution in [0, 0.1) is 0 Å². The Labute approximate surface area is 162 Å². The first-order chi connectivity index (χ1) is 13.5. The summed E-state index contributed by atoms with van der Waals surface area (Å²) in [6.07, 6.45) is 0.952. The van der Waals surface area contributed by atoms with E-state index < -0.39 is 30.3 Å². The Morgan fingerprint density at radius 3 is 2.57 bits per heavy atom. The minimum atomic E-state index is -1.01. The highest BCUT2D eigenvalue weighted by Gasteiger charge is 2.45. The molecule has 148 valence electrons. The quantitative estimate of drug-likeness (QED) is 0.387. The molecule has 0 spiro atoms. The second kappa shape index (κ2) is 8.12. The number of urea groups is 1. The van der Waals surface area contributed by atoms with Gasteiger partial charge in [0.05, 0.1) is 6.54 Å². The number of hydrogen-bond donors (Lipinski definition) is 0. The fourth-order valence-corrected chi connectivity index (χ4v) is 3.02. The maximum absolute atomic E-state index is 12.6. The first-order valence-electron chi connectivity index (χ1n) is 8.90. The van der Waals surface area contributed by atoms with Crippen molar-refractivity contribution in [2.75, 3.05) is 32.8 Å². The maximum atomic E-state index is 12.6. The molecular formula is C19H21N3O6. The molecule has 1 atom stereocenters. The molecule has 2 aliphatic heterocycles. The third-order valence-corrected chi connectivity index (χ3v) is 4.47. The molecule has 9 heteroatoms. The van der Waals surface area contributed by atoms with Crippen LogP contribution in [0.3, 0.4) is 0 Å². The third kappa shape index (κ3) is 3.68. The number of para-hydroxylation sites is 2. The fourth-order valence-electron chi connectivity index (χ4n) is 3.02. The molecule has 1 aromatic carbocycles. The molecule has 0 aliphatic carbocycles. The van der Waals surface area contributed by atoms with Crippen LogP contribution >= 0.6 is 0 Å². The van der Waals surface area contributed by atoms with E-state index in [4.69, 9.17) is 9.47 Å². The molecule has 1 fully saturated rings. The van der Waals surface area contributed by atoms with Gasteiger partial charge in [0.1, 0.15) is 13.2 Å². The third-order valence-electron chi connectivity index (χ3n) is 4.47. The second-order valence-electron chi connectivity index (χ2n) is 6.31. The van der Waals surface area contributed by atoms with Gasteiger partial charge in [0.15, 0.2) is 17.6 Å². The SMILES string of the molecule is C=CCN1C(=O)C(=O)N(CC(=O)N(CC)C[C@H]2COc3ccccc3O2)C1=O. The molecule has 3 rings (SSSR count). The van der Waals surface area contributed by atoms with Crippen LogP contribution in [0.15, 0.2) is 36.9 Å². The molecule has 0 bridgehead atoms. The summed E-state index contributed by atoms with van der Waals surface area (Å²) >= 11 is 0. The van der Waals surface area contributed by atoms with Crippen molar-refractivity contribution in [3.63, 3.8) is 0 Å². The number of hydrogen-bond acceptors (Lipinski definition) is 6. The van der Waals surface area contributed by atoms with Crippen molar-refractivity contribution < 1.29 is 28.7 Å². The summed E-state index contributed by atoms with van der Waals surface area (Å²) in [5.74, 6) is -1.19. The number of carbonyl (C=O) groups excluding carboxylic acids is 4. The minimum absolute atomic E-state index is 0.0851. The summed E-state index contributed by atoms with van der Waals surface area (Å²) in [5.41, 5.74) is 0. The van der Waals surface area contributed by atoms with Crippen molar-refractivity contribution in [2.24, 2.45) is 0 Å². The van der Waals surface area contributed by atoms with Crippen LogP contribution in [0.1, 0.15) is 6.92 Å². The van der Waals surface area contributed by atoms with E-state index in [1.54, 1.807) is 19.1 Å². The first kappa shape index (κ1) is 19.4. The number of benzene rings is 1. The van der Waals surface area contributed by atoms with Gasteiger partial charge in [-0.3, -0.25) is 19.3 Å². The molecule has 0 unspecified atom stereocenters. The lowest BCUT2D eigenvalue weighted by atomic mass is 10.2. The highest BCUT2D eigenvalue weighted by Crippen LogP contribution is 2.31. The lowest BCUT2D eigenvalue weighted by Gasteiger charge is -2.31. The zero-order valence-electron chi connectivity index (χ0n) is 15.5. The van der Waals surface area contributed by atoms with E-state index in [1.807, 2.05) is 12.1 Å². The van der Waals surface area contributed by atoms with Crippen LogP contribution in [-0.2, 0) is 14.4 Å². The number of rotatable bonds is 7. The maximum Gasteiger partial charge on any atom is 0.335 e. The van der Waals surface area contributed by atoms with Gasteiger partial charge in [-0.1, -0.05) is 18.2 Å². The Kier molecular flexibility index (Phi) is 5.62. The van der Waals surface area contributed by atoms with Crippen LogP contribution in [-0.4, -0.2) is 77.3 Å². The topological polar surface area (TPSA) is 96.5 Å². The zero-order valence-corrected chi connectivity index (χ0v) is 15.5. The fraction of sp³-hybridized carbons (Fsp3) is 0.368. The average Bonchev–Trinajstić information content (AvgIpc) is 2.90. The number of likely N-dealkylation sites (N-methyl/N-ethyl adjacent to an activating group) is 1. The summed E-state index contributed by atoms with van der Waals surface area (Å²) < 4.78 is 11.5. The van der Waals surface area contributed by atoms with Gasteiger partial charge in [-0.15, -0.1) is 6.58 Å². The Morgan fingerprint density at radius 1 is 1.21 bits per heavy atom. The predicted molar refractivity (Wildman–Crippen MR) is 97.6 cm³/mol. The van der Waals surface area contributed by atoms with Crippen molar-refractivity contribution in [1.29, 1.82) is 0 Å². The molecule has 2 aliphatic rings. The smallest absolute Gasteiger partial charge is 0.335 e. The summed E-state index contributed by atoms with van der Waals surface area (Å²) in [6, 6.07) is 6.42. The lowest BCUT2D eigenvalue weighted by molar-refractivity contribution is -0.145.